The maximum absolute atomic E-state index is 12.7. The Balaban J connectivity index is 1.37. The molecule has 0 unspecified atom stereocenters. The zero-order chi connectivity index (χ0) is 17.8. The molecule has 0 N–H and O–H groups in total. The lowest BCUT2D eigenvalue weighted by atomic mass is 10.2. The number of benzene rings is 1. The van der Waals surface area contributed by atoms with Crippen LogP contribution in [-0.4, -0.2) is 57.0 Å². The van der Waals surface area contributed by atoms with Crippen molar-refractivity contribution in [2.24, 2.45) is 0 Å². The standard InChI is InChI=1S/C19H20N6O/c26-19(18-15-25(22-21-18)14-16-4-2-1-3-5-16)24-12-10-23(11-13-24)17-6-8-20-9-7-17/h1-9,15H,10-14H2. The lowest BCUT2D eigenvalue weighted by molar-refractivity contribution is 0.0740. The second kappa shape index (κ2) is 7.35. The van der Waals surface area contributed by atoms with Crippen molar-refractivity contribution in [1.29, 1.82) is 0 Å². The number of anilines is 1. The summed E-state index contributed by atoms with van der Waals surface area (Å²) in [5.41, 5.74) is 2.67. The molecular formula is C19H20N6O. The van der Waals surface area contributed by atoms with Crippen LogP contribution < -0.4 is 4.90 Å². The molecular weight excluding hydrogens is 328 g/mol. The molecule has 3 heterocycles. The first-order valence-electron chi connectivity index (χ1n) is 8.68. The Morgan fingerprint density at radius 3 is 2.42 bits per heavy atom. The van der Waals surface area contributed by atoms with Crippen LogP contribution in [0.15, 0.2) is 61.1 Å². The summed E-state index contributed by atoms with van der Waals surface area (Å²) < 4.78 is 1.70. The van der Waals surface area contributed by atoms with E-state index in [-0.39, 0.29) is 5.91 Å². The molecule has 7 nitrogen and oxygen atoms in total. The number of carbonyl (C=O) groups is 1. The fourth-order valence-electron chi connectivity index (χ4n) is 3.13. The molecule has 0 spiro atoms. The smallest absolute Gasteiger partial charge is 0.276 e. The van der Waals surface area contributed by atoms with Crippen LogP contribution in [0.1, 0.15) is 16.1 Å². The molecule has 1 aromatic carbocycles. The molecule has 0 bridgehead atoms. The van der Waals surface area contributed by atoms with Gasteiger partial charge in [-0.15, -0.1) is 5.10 Å². The lowest BCUT2D eigenvalue weighted by Gasteiger charge is -2.35. The molecule has 2 aromatic heterocycles. The number of pyridine rings is 1. The highest BCUT2D eigenvalue weighted by atomic mass is 16.2. The van der Waals surface area contributed by atoms with Gasteiger partial charge in [0.15, 0.2) is 5.69 Å². The van der Waals surface area contributed by atoms with E-state index in [1.165, 1.54) is 0 Å². The first-order valence-corrected chi connectivity index (χ1v) is 8.68. The zero-order valence-corrected chi connectivity index (χ0v) is 14.4. The number of hydrogen-bond acceptors (Lipinski definition) is 5. The number of piperazine rings is 1. The van der Waals surface area contributed by atoms with Crippen molar-refractivity contribution in [3.05, 3.63) is 72.3 Å². The van der Waals surface area contributed by atoms with Crippen LogP contribution >= 0.6 is 0 Å². The van der Waals surface area contributed by atoms with Crippen LogP contribution in [-0.2, 0) is 6.54 Å². The lowest BCUT2D eigenvalue weighted by Crippen LogP contribution is -2.48. The van der Waals surface area contributed by atoms with Crippen LogP contribution in [0.25, 0.3) is 0 Å². The van der Waals surface area contributed by atoms with Gasteiger partial charge in [-0.05, 0) is 17.7 Å². The van der Waals surface area contributed by atoms with E-state index in [0.29, 0.717) is 25.3 Å². The molecule has 0 radical (unpaired) electrons. The topological polar surface area (TPSA) is 67.2 Å². The third kappa shape index (κ3) is 3.56. The molecule has 0 aliphatic carbocycles. The number of nitrogens with zero attached hydrogens (tertiary/aromatic N) is 6. The molecule has 3 aromatic rings. The maximum atomic E-state index is 12.7. The number of rotatable bonds is 4. The molecule has 1 aliphatic rings. The quantitative estimate of drug-likeness (QED) is 0.718. The molecule has 26 heavy (non-hydrogen) atoms. The van der Waals surface area contributed by atoms with Gasteiger partial charge in [0.25, 0.3) is 5.91 Å². The SMILES string of the molecule is O=C(c1cn(Cc2ccccc2)nn1)N1CCN(c2ccncc2)CC1. The zero-order valence-electron chi connectivity index (χ0n) is 14.4. The fourth-order valence-corrected chi connectivity index (χ4v) is 3.13. The van der Waals surface area contributed by atoms with Gasteiger partial charge >= 0.3 is 0 Å². The Bertz CT molecular complexity index is 856. The van der Waals surface area contributed by atoms with Gasteiger partial charge in [-0.2, -0.15) is 0 Å². The molecule has 1 saturated heterocycles. The van der Waals surface area contributed by atoms with Gasteiger partial charge in [-0.3, -0.25) is 9.78 Å². The predicted octanol–water partition coefficient (Wildman–Crippen LogP) is 1.68. The third-order valence-electron chi connectivity index (χ3n) is 4.54. The summed E-state index contributed by atoms with van der Waals surface area (Å²) in [7, 11) is 0. The van der Waals surface area contributed by atoms with Crippen molar-refractivity contribution in [3.8, 4) is 0 Å². The van der Waals surface area contributed by atoms with E-state index in [2.05, 4.69) is 20.2 Å². The Morgan fingerprint density at radius 2 is 1.69 bits per heavy atom. The first kappa shape index (κ1) is 16.3. The molecule has 0 saturated carbocycles. The summed E-state index contributed by atoms with van der Waals surface area (Å²) in [6, 6.07) is 14.0. The number of aromatic nitrogens is 4. The van der Waals surface area contributed by atoms with E-state index < -0.39 is 0 Å². The third-order valence-corrected chi connectivity index (χ3v) is 4.54. The minimum atomic E-state index is -0.0568. The van der Waals surface area contributed by atoms with Crippen LogP contribution in [0, 0.1) is 0 Å². The fraction of sp³-hybridized carbons (Fsp3) is 0.263. The van der Waals surface area contributed by atoms with Crippen LogP contribution in [0.5, 0.6) is 0 Å². The Labute approximate surface area is 151 Å². The molecule has 132 valence electrons. The van der Waals surface area contributed by atoms with Crippen LogP contribution in [0.2, 0.25) is 0 Å². The van der Waals surface area contributed by atoms with E-state index in [1.807, 2.05) is 47.4 Å². The summed E-state index contributed by atoms with van der Waals surface area (Å²) >= 11 is 0. The summed E-state index contributed by atoms with van der Waals surface area (Å²) in [4.78, 5) is 20.8. The normalized spacial score (nSPS) is 14.5. The van der Waals surface area contributed by atoms with E-state index in [4.69, 9.17) is 0 Å². The Hall–Kier alpha value is -3.22. The highest BCUT2D eigenvalue weighted by molar-refractivity contribution is 5.92. The molecule has 4 rings (SSSR count). The summed E-state index contributed by atoms with van der Waals surface area (Å²) in [6.45, 7) is 3.55. The van der Waals surface area contributed by atoms with Crippen molar-refractivity contribution >= 4 is 11.6 Å². The highest BCUT2D eigenvalue weighted by Crippen LogP contribution is 2.15. The Kier molecular flexibility index (Phi) is 4.59. The molecule has 7 heteroatoms. The van der Waals surface area contributed by atoms with Crippen molar-refractivity contribution < 1.29 is 4.79 Å². The molecule has 1 amide bonds. The van der Waals surface area contributed by atoms with Crippen LogP contribution in [0.3, 0.4) is 0 Å². The van der Waals surface area contributed by atoms with E-state index in [9.17, 15) is 4.79 Å². The van der Waals surface area contributed by atoms with Gasteiger partial charge < -0.3 is 9.80 Å². The van der Waals surface area contributed by atoms with Gasteiger partial charge in [-0.25, -0.2) is 4.68 Å². The van der Waals surface area contributed by atoms with E-state index in [0.717, 1.165) is 24.3 Å². The number of hydrogen-bond donors (Lipinski definition) is 0. The Morgan fingerprint density at radius 1 is 0.962 bits per heavy atom. The van der Waals surface area contributed by atoms with Crippen LogP contribution in [0.4, 0.5) is 5.69 Å². The monoisotopic (exact) mass is 348 g/mol. The van der Waals surface area contributed by atoms with Crippen molar-refractivity contribution in [2.45, 2.75) is 6.54 Å². The number of amides is 1. The van der Waals surface area contributed by atoms with Crippen molar-refractivity contribution in [1.82, 2.24) is 24.9 Å². The average molecular weight is 348 g/mol. The molecule has 1 fully saturated rings. The number of carbonyl (C=O) groups excluding carboxylic acids is 1. The van der Waals surface area contributed by atoms with E-state index in [1.54, 1.807) is 23.3 Å². The molecule has 0 atom stereocenters. The van der Waals surface area contributed by atoms with E-state index >= 15 is 0 Å². The summed E-state index contributed by atoms with van der Waals surface area (Å²) in [6.07, 6.45) is 5.31. The second-order valence-electron chi connectivity index (χ2n) is 6.27. The molecule has 1 aliphatic heterocycles. The first-order chi connectivity index (χ1) is 12.8. The van der Waals surface area contributed by atoms with Gasteiger partial charge in [-0.1, -0.05) is 35.5 Å². The van der Waals surface area contributed by atoms with Gasteiger partial charge in [0.1, 0.15) is 0 Å². The largest absolute Gasteiger partial charge is 0.368 e. The summed E-state index contributed by atoms with van der Waals surface area (Å²) in [5, 5.41) is 8.16. The second-order valence-corrected chi connectivity index (χ2v) is 6.27. The van der Waals surface area contributed by atoms with Gasteiger partial charge in [0.05, 0.1) is 12.7 Å². The minimum Gasteiger partial charge on any atom is -0.368 e. The van der Waals surface area contributed by atoms with Gasteiger partial charge in [0.2, 0.25) is 0 Å². The van der Waals surface area contributed by atoms with Crippen molar-refractivity contribution in [2.75, 3.05) is 31.1 Å². The van der Waals surface area contributed by atoms with Crippen molar-refractivity contribution in [3.63, 3.8) is 0 Å². The average Bonchev–Trinajstić information content (AvgIpc) is 3.17. The minimum absolute atomic E-state index is 0.0568. The predicted molar refractivity (Wildman–Crippen MR) is 97.9 cm³/mol. The highest BCUT2D eigenvalue weighted by Gasteiger charge is 2.24. The summed E-state index contributed by atoms with van der Waals surface area (Å²) in [5.74, 6) is -0.0568. The maximum Gasteiger partial charge on any atom is 0.276 e. The van der Waals surface area contributed by atoms with Gasteiger partial charge in [0, 0.05) is 44.3 Å².